The molecular formula is C9H16N2O3. The van der Waals surface area contributed by atoms with E-state index >= 15 is 0 Å². The van der Waals surface area contributed by atoms with E-state index in [0.717, 1.165) is 12.8 Å². The smallest absolute Gasteiger partial charge is 0.320 e. The molecule has 0 aromatic heterocycles. The largest absolute Gasteiger partial charge is 0.480 e. The van der Waals surface area contributed by atoms with Crippen LogP contribution < -0.4 is 5.32 Å². The van der Waals surface area contributed by atoms with Crippen LogP contribution in [0, 0.1) is 5.92 Å². The minimum atomic E-state index is -0.862. The summed E-state index contributed by atoms with van der Waals surface area (Å²) in [5.41, 5.74) is 0. The van der Waals surface area contributed by atoms with E-state index in [9.17, 15) is 9.59 Å². The molecule has 5 heteroatoms. The molecule has 1 unspecified atom stereocenters. The van der Waals surface area contributed by atoms with Gasteiger partial charge in [0.05, 0.1) is 6.54 Å². The van der Waals surface area contributed by atoms with E-state index in [1.807, 2.05) is 0 Å². The summed E-state index contributed by atoms with van der Waals surface area (Å²) in [6.07, 6.45) is 1.89. The Balaban J connectivity index is 2.33. The van der Waals surface area contributed by atoms with Crippen molar-refractivity contribution in [3.8, 4) is 0 Å². The van der Waals surface area contributed by atoms with Gasteiger partial charge in [-0.1, -0.05) is 0 Å². The van der Waals surface area contributed by atoms with Crippen molar-refractivity contribution in [1.29, 1.82) is 0 Å². The van der Waals surface area contributed by atoms with Crippen molar-refractivity contribution in [1.82, 2.24) is 10.2 Å². The van der Waals surface area contributed by atoms with Gasteiger partial charge in [0, 0.05) is 14.1 Å². The molecule has 5 nitrogen and oxygen atoms in total. The molecule has 1 aliphatic rings. The molecular weight excluding hydrogens is 184 g/mol. The Morgan fingerprint density at radius 3 is 2.43 bits per heavy atom. The van der Waals surface area contributed by atoms with Crippen molar-refractivity contribution in [2.75, 3.05) is 20.6 Å². The molecule has 1 aliphatic carbocycles. The van der Waals surface area contributed by atoms with Gasteiger partial charge >= 0.3 is 5.97 Å². The summed E-state index contributed by atoms with van der Waals surface area (Å²) in [6.45, 7) is 0.0977. The average Bonchev–Trinajstić information content (AvgIpc) is 2.87. The fourth-order valence-corrected chi connectivity index (χ4v) is 1.24. The van der Waals surface area contributed by atoms with Crippen molar-refractivity contribution in [3.05, 3.63) is 0 Å². The molecule has 0 radical (unpaired) electrons. The zero-order chi connectivity index (χ0) is 10.7. The summed E-state index contributed by atoms with van der Waals surface area (Å²) >= 11 is 0. The molecule has 1 amide bonds. The summed E-state index contributed by atoms with van der Waals surface area (Å²) in [6, 6.07) is -0.557. The van der Waals surface area contributed by atoms with Crippen LogP contribution in [0.25, 0.3) is 0 Å². The molecule has 1 fully saturated rings. The number of nitrogens with one attached hydrogen (secondary N) is 1. The van der Waals surface area contributed by atoms with E-state index < -0.39 is 12.0 Å². The number of amides is 1. The summed E-state index contributed by atoms with van der Waals surface area (Å²) < 4.78 is 0. The molecule has 0 aliphatic heterocycles. The van der Waals surface area contributed by atoms with Gasteiger partial charge in [0.2, 0.25) is 5.91 Å². The lowest BCUT2D eigenvalue weighted by molar-refractivity contribution is -0.140. The van der Waals surface area contributed by atoms with Crippen LogP contribution in [0.3, 0.4) is 0 Å². The molecule has 0 heterocycles. The Bertz CT molecular complexity index is 236. The minimum absolute atomic E-state index is 0.0977. The number of likely N-dealkylation sites (N-methyl/N-ethyl adjacent to an activating group) is 1. The number of carbonyl (C=O) groups is 2. The highest BCUT2D eigenvalue weighted by atomic mass is 16.4. The Labute approximate surface area is 83.1 Å². The Kier molecular flexibility index (Phi) is 3.46. The second kappa shape index (κ2) is 4.41. The molecule has 80 valence electrons. The van der Waals surface area contributed by atoms with E-state index in [1.165, 1.54) is 4.90 Å². The SMILES string of the molecule is CN(C)C(=O)CNC(C(=O)O)C1CC1. The molecule has 0 aromatic carbocycles. The van der Waals surface area contributed by atoms with Crippen LogP contribution in [0.1, 0.15) is 12.8 Å². The number of carboxylic acid groups (broad SMARTS) is 1. The maximum atomic E-state index is 11.2. The lowest BCUT2D eigenvalue weighted by Gasteiger charge is -2.15. The lowest BCUT2D eigenvalue weighted by atomic mass is 10.2. The highest BCUT2D eigenvalue weighted by Gasteiger charge is 2.36. The third-order valence-electron chi connectivity index (χ3n) is 2.33. The number of aliphatic carboxylic acids is 1. The number of hydrogen-bond donors (Lipinski definition) is 2. The summed E-state index contributed by atoms with van der Waals surface area (Å²) in [5, 5.41) is 11.6. The van der Waals surface area contributed by atoms with E-state index in [0.29, 0.717) is 0 Å². The van der Waals surface area contributed by atoms with E-state index in [1.54, 1.807) is 14.1 Å². The third-order valence-corrected chi connectivity index (χ3v) is 2.33. The van der Waals surface area contributed by atoms with Gasteiger partial charge in [-0.05, 0) is 18.8 Å². The van der Waals surface area contributed by atoms with Crippen LogP contribution in [0.5, 0.6) is 0 Å². The number of rotatable bonds is 5. The first kappa shape index (κ1) is 11.0. The highest BCUT2D eigenvalue weighted by Crippen LogP contribution is 2.32. The van der Waals surface area contributed by atoms with Gasteiger partial charge in [0.25, 0.3) is 0 Å². The molecule has 1 rings (SSSR count). The van der Waals surface area contributed by atoms with Crippen molar-refractivity contribution in [3.63, 3.8) is 0 Å². The maximum Gasteiger partial charge on any atom is 0.320 e. The molecule has 14 heavy (non-hydrogen) atoms. The number of hydrogen-bond acceptors (Lipinski definition) is 3. The van der Waals surface area contributed by atoms with Crippen LogP contribution in [-0.4, -0.2) is 48.6 Å². The molecule has 1 atom stereocenters. The van der Waals surface area contributed by atoms with Gasteiger partial charge in [0.1, 0.15) is 6.04 Å². The first-order valence-corrected chi connectivity index (χ1v) is 4.68. The molecule has 1 saturated carbocycles. The topological polar surface area (TPSA) is 69.6 Å². The van der Waals surface area contributed by atoms with E-state index in [4.69, 9.17) is 5.11 Å². The normalized spacial score (nSPS) is 17.6. The van der Waals surface area contributed by atoms with Gasteiger partial charge in [-0.2, -0.15) is 0 Å². The van der Waals surface area contributed by atoms with Gasteiger partial charge in [-0.3, -0.25) is 14.9 Å². The first-order chi connectivity index (χ1) is 6.52. The summed E-state index contributed by atoms with van der Waals surface area (Å²) in [5.74, 6) is -0.751. The lowest BCUT2D eigenvalue weighted by Crippen LogP contribution is -2.44. The van der Waals surface area contributed by atoms with Gasteiger partial charge in [-0.15, -0.1) is 0 Å². The molecule has 0 bridgehead atoms. The Morgan fingerprint density at radius 2 is 2.07 bits per heavy atom. The monoisotopic (exact) mass is 200 g/mol. The Hall–Kier alpha value is -1.10. The zero-order valence-corrected chi connectivity index (χ0v) is 8.49. The Morgan fingerprint density at radius 1 is 1.50 bits per heavy atom. The fraction of sp³-hybridized carbons (Fsp3) is 0.778. The number of carboxylic acids is 1. The standard InChI is InChI=1S/C9H16N2O3/c1-11(2)7(12)5-10-8(9(13)14)6-3-4-6/h6,8,10H,3-5H2,1-2H3,(H,13,14). The average molecular weight is 200 g/mol. The molecule has 0 aromatic rings. The van der Waals surface area contributed by atoms with Gasteiger partial charge < -0.3 is 10.0 Å². The zero-order valence-electron chi connectivity index (χ0n) is 8.49. The first-order valence-electron chi connectivity index (χ1n) is 4.68. The van der Waals surface area contributed by atoms with Crippen molar-refractivity contribution in [2.45, 2.75) is 18.9 Å². The van der Waals surface area contributed by atoms with Crippen LogP contribution in [0.2, 0.25) is 0 Å². The minimum Gasteiger partial charge on any atom is -0.480 e. The molecule has 2 N–H and O–H groups in total. The van der Waals surface area contributed by atoms with E-state index in [-0.39, 0.29) is 18.4 Å². The van der Waals surface area contributed by atoms with Crippen LogP contribution in [0.15, 0.2) is 0 Å². The second-order valence-electron chi connectivity index (χ2n) is 3.82. The van der Waals surface area contributed by atoms with Crippen LogP contribution in [-0.2, 0) is 9.59 Å². The van der Waals surface area contributed by atoms with Gasteiger partial charge in [-0.25, -0.2) is 0 Å². The third kappa shape index (κ3) is 2.99. The predicted octanol–water partition coefficient (Wildman–Crippen LogP) is -0.473. The van der Waals surface area contributed by atoms with Crippen molar-refractivity contribution in [2.24, 2.45) is 5.92 Å². The number of nitrogens with zero attached hydrogens (tertiary/aromatic N) is 1. The maximum absolute atomic E-state index is 11.2. The van der Waals surface area contributed by atoms with Crippen molar-refractivity contribution >= 4 is 11.9 Å². The van der Waals surface area contributed by atoms with Crippen LogP contribution in [0.4, 0.5) is 0 Å². The number of carbonyl (C=O) groups excluding carboxylic acids is 1. The fourth-order valence-electron chi connectivity index (χ4n) is 1.24. The van der Waals surface area contributed by atoms with E-state index in [2.05, 4.69) is 5.32 Å². The molecule has 0 saturated heterocycles. The predicted molar refractivity (Wildman–Crippen MR) is 50.8 cm³/mol. The summed E-state index contributed by atoms with van der Waals surface area (Å²) in [7, 11) is 3.30. The second-order valence-corrected chi connectivity index (χ2v) is 3.82. The summed E-state index contributed by atoms with van der Waals surface area (Å²) in [4.78, 5) is 23.4. The quantitative estimate of drug-likeness (QED) is 0.629. The van der Waals surface area contributed by atoms with Crippen molar-refractivity contribution < 1.29 is 14.7 Å². The van der Waals surface area contributed by atoms with Crippen LogP contribution >= 0.6 is 0 Å². The van der Waals surface area contributed by atoms with Gasteiger partial charge in [0.15, 0.2) is 0 Å². The molecule has 0 spiro atoms. The highest BCUT2D eigenvalue weighted by molar-refractivity contribution is 5.79.